The fourth-order valence-electron chi connectivity index (χ4n) is 3.60. The number of amides is 2. The molecule has 1 aliphatic rings. The van der Waals surface area contributed by atoms with Crippen LogP contribution in [0.5, 0.6) is 0 Å². The third kappa shape index (κ3) is 5.46. The van der Waals surface area contributed by atoms with Crippen molar-refractivity contribution in [3.63, 3.8) is 0 Å². The highest BCUT2D eigenvalue weighted by Crippen LogP contribution is 2.30. The molecule has 1 saturated heterocycles. The maximum Gasteiger partial charge on any atom is 0.410 e. The largest absolute Gasteiger partial charge is 0.444 e. The molecular formula is C22H33FN2O3. The Kier molecular flexibility index (Phi) is 6.73. The second-order valence-corrected chi connectivity index (χ2v) is 9.20. The number of carbonyl (C=O) groups excluding carboxylic acids is 2. The summed E-state index contributed by atoms with van der Waals surface area (Å²) in [5.74, 6) is -0.0931. The SMILES string of the molecule is CN(CC1CCN(C(=O)C(C)(C)c2ccccc2F)CC1)C(=O)OC(C)(C)C. The van der Waals surface area contributed by atoms with Crippen LogP contribution in [0.4, 0.5) is 9.18 Å². The molecule has 0 atom stereocenters. The van der Waals surface area contributed by atoms with Gasteiger partial charge in [0.25, 0.3) is 0 Å². The standard InChI is InChI=1S/C22H33FN2O3/c1-21(2,3)28-20(27)24(6)15-16-11-13-25(14-12-16)19(26)22(4,5)17-9-7-8-10-18(17)23/h7-10,16H,11-15H2,1-6H3. The van der Waals surface area contributed by atoms with Gasteiger partial charge < -0.3 is 14.5 Å². The average molecular weight is 393 g/mol. The number of hydrogen-bond acceptors (Lipinski definition) is 3. The Balaban J connectivity index is 1.92. The molecule has 1 aliphatic heterocycles. The molecule has 1 aromatic carbocycles. The van der Waals surface area contributed by atoms with Gasteiger partial charge in [0, 0.05) is 32.2 Å². The van der Waals surface area contributed by atoms with Crippen LogP contribution in [0.3, 0.4) is 0 Å². The first kappa shape index (κ1) is 22.2. The topological polar surface area (TPSA) is 49.9 Å². The van der Waals surface area contributed by atoms with Crippen LogP contribution in [-0.4, -0.2) is 54.1 Å². The normalized spacial score (nSPS) is 16.0. The second kappa shape index (κ2) is 8.50. The molecule has 1 heterocycles. The van der Waals surface area contributed by atoms with E-state index in [4.69, 9.17) is 4.74 Å². The minimum Gasteiger partial charge on any atom is -0.444 e. The highest BCUT2D eigenvalue weighted by Gasteiger charge is 2.37. The fourth-order valence-corrected chi connectivity index (χ4v) is 3.60. The van der Waals surface area contributed by atoms with Gasteiger partial charge in [-0.3, -0.25) is 4.79 Å². The number of ether oxygens (including phenoxy) is 1. The van der Waals surface area contributed by atoms with Gasteiger partial charge in [0.1, 0.15) is 11.4 Å². The molecule has 1 fully saturated rings. The predicted molar refractivity (Wildman–Crippen MR) is 108 cm³/mol. The first-order chi connectivity index (χ1) is 12.9. The number of likely N-dealkylation sites (tertiary alicyclic amines) is 1. The van der Waals surface area contributed by atoms with Gasteiger partial charge in [-0.2, -0.15) is 0 Å². The third-order valence-corrected chi connectivity index (χ3v) is 5.22. The zero-order chi connectivity index (χ0) is 21.1. The van der Waals surface area contributed by atoms with E-state index in [0.29, 0.717) is 31.1 Å². The van der Waals surface area contributed by atoms with Crippen LogP contribution >= 0.6 is 0 Å². The van der Waals surface area contributed by atoms with Crippen LogP contribution in [0.1, 0.15) is 53.0 Å². The van der Waals surface area contributed by atoms with E-state index in [-0.39, 0.29) is 17.8 Å². The lowest BCUT2D eigenvalue weighted by Gasteiger charge is -2.38. The van der Waals surface area contributed by atoms with E-state index in [1.54, 1.807) is 44.0 Å². The van der Waals surface area contributed by atoms with Gasteiger partial charge in [0.05, 0.1) is 5.41 Å². The van der Waals surface area contributed by atoms with E-state index in [9.17, 15) is 14.0 Å². The highest BCUT2D eigenvalue weighted by molar-refractivity contribution is 5.87. The van der Waals surface area contributed by atoms with E-state index in [0.717, 1.165) is 12.8 Å². The molecule has 0 aliphatic carbocycles. The van der Waals surface area contributed by atoms with Crippen molar-refractivity contribution >= 4 is 12.0 Å². The molecule has 0 aromatic heterocycles. The van der Waals surface area contributed by atoms with Crippen LogP contribution in [0.15, 0.2) is 24.3 Å². The van der Waals surface area contributed by atoms with Crippen molar-refractivity contribution in [3.8, 4) is 0 Å². The number of halogens is 1. The van der Waals surface area contributed by atoms with Gasteiger partial charge in [0.2, 0.25) is 5.91 Å². The molecule has 28 heavy (non-hydrogen) atoms. The number of benzene rings is 1. The summed E-state index contributed by atoms with van der Waals surface area (Å²) in [7, 11) is 1.74. The van der Waals surface area contributed by atoms with Gasteiger partial charge >= 0.3 is 6.09 Å². The van der Waals surface area contributed by atoms with E-state index in [2.05, 4.69) is 0 Å². The molecule has 156 valence electrons. The number of nitrogens with zero attached hydrogens (tertiary/aromatic N) is 2. The summed E-state index contributed by atoms with van der Waals surface area (Å²) in [6, 6.07) is 6.46. The molecule has 6 heteroatoms. The molecule has 0 saturated carbocycles. The Morgan fingerprint density at radius 2 is 1.71 bits per heavy atom. The Morgan fingerprint density at radius 3 is 2.25 bits per heavy atom. The van der Waals surface area contributed by atoms with Crippen molar-refractivity contribution in [1.82, 2.24) is 9.80 Å². The summed E-state index contributed by atoms with van der Waals surface area (Å²) < 4.78 is 19.6. The Labute approximate surface area is 167 Å². The average Bonchev–Trinajstić information content (AvgIpc) is 2.60. The van der Waals surface area contributed by atoms with Crippen LogP contribution < -0.4 is 0 Å². The zero-order valence-electron chi connectivity index (χ0n) is 17.9. The molecule has 0 unspecified atom stereocenters. The summed E-state index contributed by atoms with van der Waals surface area (Å²) in [6.07, 6.45) is 1.30. The number of carbonyl (C=O) groups is 2. The first-order valence-corrected chi connectivity index (χ1v) is 9.90. The Bertz CT molecular complexity index is 704. The molecule has 1 aromatic rings. The lowest BCUT2D eigenvalue weighted by molar-refractivity contribution is -0.137. The second-order valence-electron chi connectivity index (χ2n) is 9.20. The Morgan fingerprint density at radius 1 is 1.14 bits per heavy atom. The van der Waals surface area contributed by atoms with Crippen molar-refractivity contribution in [2.45, 2.75) is 58.5 Å². The maximum atomic E-state index is 14.2. The van der Waals surface area contributed by atoms with Gasteiger partial charge in [-0.1, -0.05) is 18.2 Å². The molecular weight excluding hydrogens is 359 g/mol. The molecule has 0 spiro atoms. The van der Waals surface area contributed by atoms with E-state index < -0.39 is 11.0 Å². The Hall–Kier alpha value is -2.11. The highest BCUT2D eigenvalue weighted by atomic mass is 19.1. The molecule has 0 radical (unpaired) electrons. The van der Waals surface area contributed by atoms with Gasteiger partial charge in [-0.25, -0.2) is 9.18 Å². The number of piperidine rings is 1. The van der Waals surface area contributed by atoms with Crippen LogP contribution in [0.25, 0.3) is 0 Å². The van der Waals surface area contributed by atoms with Gasteiger partial charge in [0.15, 0.2) is 0 Å². The van der Waals surface area contributed by atoms with Crippen molar-refractivity contribution in [2.24, 2.45) is 5.92 Å². The minimum absolute atomic E-state index is 0.0588. The molecule has 2 rings (SSSR count). The van der Waals surface area contributed by atoms with Crippen molar-refractivity contribution in [1.29, 1.82) is 0 Å². The van der Waals surface area contributed by atoms with E-state index >= 15 is 0 Å². The third-order valence-electron chi connectivity index (χ3n) is 5.22. The summed E-state index contributed by atoms with van der Waals surface area (Å²) in [4.78, 5) is 28.6. The fraction of sp³-hybridized carbons (Fsp3) is 0.636. The molecule has 0 bridgehead atoms. The minimum atomic E-state index is -0.911. The first-order valence-electron chi connectivity index (χ1n) is 9.90. The number of rotatable bonds is 4. The van der Waals surface area contributed by atoms with Crippen LogP contribution in [-0.2, 0) is 14.9 Å². The van der Waals surface area contributed by atoms with Crippen LogP contribution in [0, 0.1) is 11.7 Å². The van der Waals surface area contributed by atoms with Gasteiger partial charge in [-0.05, 0) is 59.4 Å². The smallest absolute Gasteiger partial charge is 0.410 e. The van der Waals surface area contributed by atoms with Crippen molar-refractivity contribution in [2.75, 3.05) is 26.7 Å². The molecule has 0 N–H and O–H groups in total. The summed E-state index contributed by atoms with van der Waals surface area (Å²) >= 11 is 0. The van der Waals surface area contributed by atoms with Crippen molar-refractivity contribution in [3.05, 3.63) is 35.6 Å². The van der Waals surface area contributed by atoms with Gasteiger partial charge in [-0.15, -0.1) is 0 Å². The van der Waals surface area contributed by atoms with Crippen molar-refractivity contribution < 1.29 is 18.7 Å². The maximum absolute atomic E-state index is 14.2. The summed E-state index contributed by atoms with van der Waals surface area (Å²) in [6.45, 7) is 10.9. The van der Waals surface area contributed by atoms with E-state index in [1.165, 1.54) is 6.07 Å². The quantitative estimate of drug-likeness (QED) is 0.771. The lowest BCUT2D eigenvalue weighted by Crippen LogP contribution is -2.48. The lowest BCUT2D eigenvalue weighted by atomic mass is 9.82. The van der Waals surface area contributed by atoms with E-state index in [1.807, 2.05) is 25.7 Å². The number of hydrogen-bond donors (Lipinski definition) is 0. The summed E-state index contributed by atoms with van der Waals surface area (Å²) in [5, 5.41) is 0. The predicted octanol–water partition coefficient (Wildman–Crippen LogP) is 4.21. The molecule has 2 amide bonds. The molecule has 5 nitrogen and oxygen atoms in total. The van der Waals surface area contributed by atoms with Crippen LogP contribution in [0.2, 0.25) is 0 Å². The monoisotopic (exact) mass is 392 g/mol. The zero-order valence-corrected chi connectivity index (χ0v) is 17.9. The summed E-state index contributed by atoms with van der Waals surface area (Å²) in [5.41, 5.74) is -1.00.